The van der Waals surface area contributed by atoms with E-state index in [1.807, 2.05) is 19.9 Å². The summed E-state index contributed by atoms with van der Waals surface area (Å²) in [5, 5.41) is 15.8. The lowest BCUT2D eigenvalue weighted by atomic mass is 10.1. The standard InChI is InChI=1S/C13H14ClN3O2/c1-9-7-10(2)17(15-9)13(8-16(18)19)11-3-5-12(14)6-4-11/h3-7,13H,8H2,1-2H3/t13-/m1/s1. The van der Waals surface area contributed by atoms with Crippen LogP contribution < -0.4 is 0 Å². The molecule has 0 bridgehead atoms. The SMILES string of the molecule is Cc1cc(C)n([C@H](C[N+](=O)[O-])c2ccc(Cl)cc2)n1. The van der Waals surface area contributed by atoms with Crippen LogP contribution in [-0.4, -0.2) is 21.2 Å². The number of nitrogens with zero attached hydrogens (tertiary/aromatic N) is 3. The molecule has 5 nitrogen and oxygen atoms in total. The van der Waals surface area contributed by atoms with Crippen molar-refractivity contribution in [3.63, 3.8) is 0 Å². The highest BCUT2D eigenvalue weighted by Crippen LogP contribution is 2.22. The van der Waals surface area contributed by atoms with E-state index in [-0.39, 0.29) is 11.5 Å². The molecular weight excluding hydrogens is 266 g/mol. The monoisotopic (exact) mass is 279 g/mol. The molecule has 2 rings (SSSR count). The van der Waals surface area contributed by atoms with Crippen molar-refractivity contribution < 1.29 is 4.92 Å². The number of rotatable bonds is 4. The molecule has 2 aromatic rings. The largest absolute Gasteiger partial charge is 0.264 e. The van der Waals surface area contributed by atoms with Crippen molar-refractivity contribution in [2.75, 3.05) is 6.54 Å². The first-order valence-corrected chi connectivity index (χ1v) is 6.25. The molecule has 0 unspecified atom stereocenters. The summed E-state index contributed by atoms with van der Waals surface area (Å²) in [5.41, 5.74) is 2.58. The van der Waals surface area contributed by atoms with Crippen molar-refractivity contribution in [3.8, 4) is 0 Å². The highest BCUT2D eigenvalue weighted by molar-refractivity contribution is 6.30. The zero-order chi connectivity index (χ0) is 14.0. The predicted octanol–water partition coefficient (Wildman–Crippen LogP) is 3.02. The Bertz CT molecular complexity index is 592. The quantitative estimate of drug-likeness (QED) is 0.638. The maximum atomic E-state index is 10.9. The molecule has 0 N–H and O–H groups in total. The minimum Gasteiger partial charge on any atom is -0.264 e. The lowest BCUT2D eigenvalue weighted by Crippen LogP contribution is -2.22. The Morgan fingerprint density at radius 3 is 2.47 bits per heavy atom. The van der Waals surface area contributed by atoms with Gasteiger partial charge in [-0.05, 0) is 37.6 Å². The van der Waals surface area contributed by atoms with Crippen LogP contribution in [-0.2, 0) is 0 Å². The van der Waals surface area contributed by atoms with Gasteiger partial charge in [-0.15, -0.1) is 0 Å². The molecule has 1 aromatic heterocycles. The van der Waals surface area contributed by atoms with E-state index in [9.17, 15) is 10.1 Å². The van der Waals surface area contributed by atoms with Gasteiger partial charge in [0, 0.05) is 15.6 Å². The fourth-order valence-corrected chi connectivity index (χ4v) is 2.24. The van der Waals surface area contributed by atoms with Crippen molar-refractivity contribution in [2.24, 2.45) is 0 Å². The van der Waals surface area contributed by atoms with Gasteiger partial charge < -0.3 is 0 Å². The summed E-state index contributed by atoms with van der Waals surface area (Å²) in [6.45, 7) is 3.56. The first kappa shape index (κ1) is 13.5. The summed E-state index contributed by atoms with van der Waals surface area (Å²) in [7, 11) is 0. The van der Waals surface area contributed by atoms with E-state index in [2.05, 4.69) is 5.10 Å². The first-order valence-electron chi connectivity index (χ1n) is 5.87. The van der Waals surface area contributed by atoms with E-state index in [1.54, 1.807) is 28.9 Å². The highest BCUT2D eigenvalue weighted by Gasteiger charge is 2.22. The fraction of sp³-hybridized carbons (Fsp3) is 0.308. The van der Waals surface area contributed by atoms with Gasteiger partial charge in [-0.1, -0.05) is 23.7 Å². The van der Waals surface area contributed by atoms with Crippen LogP contribution in [0.2, 0.25) is 5.02 Å². The van der Waals surface area contributed by atoms with Crippen molar-refractivity contribution in [1.29, 1.82) is 0 Å². The number of benzene rings is 1. The van der Waals surface area contributed by atoms with Gasteiger partial charge in [-0.3, -0.25) is 14.8 Å². The van der Waals surface area contributed by atoms with Gasteiger partial charge in [0.2, 0.25) is 6.54 Å². The molecule has 0 fully saturated rings. The van der Waals surface area contributed by atoms with Crippen LogP contribution in [0.5, 0.6) is 0 Å². The fourth-order valence-electron chi connectivity index (χ4n) is 2.11. The smallest absolute Gasteiger partial charge is 0.230 e. The Hall–Kier alpha value is -1.88. The molecule has 100 valence electrons. The van der Waals surface area contributed by atoms with Crippen LogP contribution in [0.15, 0.2) is 30.3 Å². The van der Waals surface area contributed by atoms with Gasteiger partial charge in [-0.2, -0.15) is 5.10 Å². The Morgan fingerprint density at radius 2 is 2.00 bits per heavy atom. The van der Waals surface area contributed by atoms with E-state index in [0.29, 0.717) is 5.02 Å². The third kappa shape index (κ3) is 3.12. The van der Waals surface area contributed by atoms with E-state index in [4.69, 9.17) is 11.6 Å². The molecule has 0 saturated heterocycles. The molecule has 0 aliphatic rings. The Balaban J connectivity index is 2.43. The maximum absolute atomic E-state index is 10.9. The van der Waals surface area contributed by atoms with Gasteiger partial charge in [0.05, 0.1) is 5.69 Å². The Morgan fingerprint density at radius 1 is 1.37 bits per heavy atom. The van der Waals surface area contributed by atoms with Crippen LogP contribution >= 0.6 is 11.6 Å². The summed E-state index contributed by atoms with van der Waals surface area (Å²) in [5.74, 6) is 0. The summed E-state index contributed by atoms with van der Waals surface area (Å²) >= 11 is 5.85. The van der Waals surface area contributed by atoms with E-state index in [0.717, 1.165) is 17.0 Å². The minimum atomic E-state index is -0.416. The normalized spacial score (nSPS) is 12.4. The molecule has 19 heavy (non-hydrogen) atoms. The second-order valence-corrected chi connectivity index (χ2v) is 4.89. The van der Waals surface area contributed by atoms with Crippen LogP contribution in [0.4, 0.5) is 0 Å². The molecule has 6 heteroatoms. The molecule has 1 heterocycles. The Kier molecular flexibility index (Phi) is 3.85. The first-order chi connectivity index (χ1) is 8.97. The summed E-state index contributed by atoms with van der Waals surface area (Å²) in [6.07, 6.45) is 0. The molecule has 1 aromatic carbocycles. The lowest BCUT2D eigenvalue weighted by Gasteiger charge is -2.16. The zero-order valence-electron chi connectivity index (χ0n) is 10.7. The van der Waals surface area contributed by atoms with Gasteiger partial charge >= 0.3 is 0 Å². The molecule has 0 saturated carbocycles. The number of nitro groups is 1. The molecule has 0 aliphatic heterocycles. The van der Waals surface area contributed by atoms with Crippen molar-refractivity contribution >= 4 is 11.6 Å². The van der Waals surface area contributed by atoms with Crippen LogP contribution in [0.25, 0.3) is 0 Å². The summed E-state index contributed by atoms with van der Waals surface area (Å²) in [6, 6.07) is 8.55. The molecule has 0 radical (unpaired) electrons. The third-order valence-electron chi connectivity index (χ3n) is 2.92. The molecule has 0 aliphatic carbocycles. The minimum absolute atomic E-state index is 0.205. The van der Waals surface area contributed by atoms with E-state index < -0.39 is 6.04 Å². The zero-order valence-corrected chi connectivity index (χ0v) is 11.5. The lowest BCUT2D eigenvalue weighted by molar-refractivity contribution is -0.484. The van der Waals surface area contributed by atoms with Crippen molar-refractivity contribution in [2.45, 2.75) is 19.9 Å². The van der Waals surface area contributed by atoms with Gasteiger partial charge in [0.25, 0.3) is 0 Å². The number of aromatic nitrogens is 2. The van der Waals surface area contributed by atoms with Crippen LogP contribution in [0.3, 0.4) is 0 Å². The van der Waals surface area contributed by atoms with Crippen LogP contribution in [0.1, 0.15) is 23.0 Å². The van der Waals surface area contributed by atoms with Crippen molar-refractivity contribution in [1.82, 2.24) is 9.78 Å². The predicted molar refractivity (Wildman–Crippen MR) is 73.2 cm³/mol. The molecule has 0 amide bonds. The topological polar surface area (TPSA) is 61.0 Å². The van der Waals surface area contributed by atoms with Gasteiger partial charge in [0.15, 0.2) is 0 Å². The highest BCUT2D eigenvalue weighted by atomic mass is 35.5. The molecular formula is C13H14ClN3O2. The average Bonchev–Trinajstić information content (AvgIpc) is 2.66. The number of halogens is 1. The summed E-state index contributed by atoms with van der Waals surface area (Å²) < 4.78 is 1.70. The van der Waals surface area contributed by atoms with E-state index >= 15 is 0 Å². The second kappa shape index (κ2) is 5.40. The Labute approximate surface area is 116 Å². The third-order valence-corrected chi connectivity index (χ3v) is 3.17. The summed E-state index contributed by atoms with van der Waals surface area (Å²) in [4.78, 5) is 10.6. The number of aryl methyl sites for hydroxylation is 2. The van der Waals surface area contributed by atoms with Gasteiger partial charge in [0.1, 0.15) is 6.04 Å². The maximum Gasteiger partial charge on any atom is 0.230 e. The number of hydrogen-bond acceptors (Lipinski definition) is 3. The average molecular weight is 280 g/mol. The molecule has 1 atom stereocenters. The van der Waals surface area contributed by atoms with Crippen molar-refractivity contribution in [3.05, 3.63) is 62.4 Å². The van der Waals surface area contributed by atoms with Crippen LogP contribution in [0, 0.1) is 24.0 Å². The van der Waals surface area contributed by atoms with Gasteiger partial charge in [-0.25, -0.2) is 0 Å². The second-order valence-electron chi connectivity index (χ2n) is 4.45. The number of hydrogen-bond donors (Lipinski definition) is 0. The van der Waals surface area contributed by atoms with E-state index in [1.165, 1.54) is 0 Å². The molecule has 0 spiro atoms.